The fourth-order valence-electron chi connectivity index (χ4n) is 3.74. The first kappa shape index (κ1) is 20.2. The number of aryl methyl sites for hydroxylation is 1. The zero-order valence-corrected chi connectivity index (χ0v) is 16.5. The highest BCUT2D eigenvalue weighted by atomic mass is 35.5. The van der Waals surface area contributed by atoms with E-state index in [9.17, 15) is 30.3 Å². The number of aromatic nitrogens is 1. The molecule has 10 heteroatoms. The molecule has 29 heavy (non-hydrogen) atoms. The van der Waals surface area contributed by atoms with E-state index in [2.05, 4.69) is 0 Å². The number of nitrogens with zero attached hydrogens (tertiary/aromatic N) is 1. The summed E-state index contributed by atoms with van der Waals surface area (Å²) in [5.41, 5.74) is 0.116. The van der Waals surface area contributed by atoms with Gasteiger partial charge in [-0.25, -0.2) is 0 Å². The fraction of sp³-hybridized carbons (Fsp3) is 0.316. The van der Waals surface area contributed by atoms with E-state index in [4.69, 9.17) is 27.6 Å². The van der Waals surface area contributed by atoms with Crippen LogP contribution < -0.4 is 5.43 Å². The SMILES string of the molecule is Cc1cc(Cl)c(O)c2c(=O)c3cc(Cl)n([C@H]4C=C(CO)[C@@H](O)[C@H](O)[C@@H]4O)c3oc12. The van der Waals surface area contributed by atoms with Gasteiger partial charge in [0.15, 0.2) is 0 Å². The van der Waals surface area contributed by atoms with Gasteiger partial charge in [0.2, 0.25) is 11.1 Å². The van der Waals surface area contributed by atoms with Crippen molar-refractivity contribution < 1.29 is 29.9 Å². The van der Waals surface area contributed by atoms with E-state index >= 15 is 0 Å². The number of halogens is 2. The number of aromatic hydroxyl groups is 1. The average Bonchev–Trinajstić information content (AvgIpc) is 3.01. The third-order valence-corrected chi connectivity index (χ3v) is 5.85. The number of hydrogen-bond acceptors (Lipinski definition) is 7. The van der Waals surface area contributed by atoms with E-state index in [-0.39, 0.29) is 37.8 Å². The standard InChI is InChI=1S/C19H17Cl2NO7/c1-6-2-9(20)15(26)12-14(25)8-4-11(21)22(19(8)29-18(6)12)10-3-7(5-23)13(24)17(28)16(10)27/h2-4,10,13,16-17,23-24,26-28H,5H2,1H3/t10-,13+,16+,17-/m0/s1. The van der Waals surface area contributed by atoms with E-state index in [1.807, 2.05) is 0 Å². The Morgan fingerprint density at radius 2 is 1.86 bits per heavy atom. The monoisotopic (exact) mass is 441 g/mol. The van der Waals surface area contributed by atoms with Gasteiger partial charge in [-0.2, -0.15) is 0 Å². The molecule has 8 nitrogen and oxygen atoms in total. The highest BCUT2D eigenvalue weighted by molar-refractivity contribution is 6.33. The van der Waals surface area contributed by atoms with Gasteiger partial charge >= 0.3 is 0 Å². The normalized spacial score (nSPS) is 25.0. The maximum absolute atomic E-state index is 13.0. The van der Waals surface area contributed by atoms with Crippen LogP contribution in [-0.2, 0) is 0 Å². The molecule has 154 valence electrons. The smallest absolute Gasteiger partial charge is 0.213 e. The van der Waals surface area contributed by atoms with Crippen LogP contribution in [0.3, 0.4) is 0 Å². The summed E-state index contributed by atoms with van der Waals surface area (Å²) in [6.07, 6.45) is -3.16. The van der Waals surface area contributed by atoms with E-state index < -0.39 is 42.1 Å². The van der Waals surface area contributed by atoms with Crippen molar-refractivity contribution in [1.29, 1.82) is 0 Å². The first-order valence-corrected chi connectivity index (χ1v) is 9.44. The number of phenolic OH excluding ortho intramolecular Hbond substituents is 1. The highest BCUT2D eigenvalue weighted by Crippen LogP contribution is 2.38. The molecule has 3 aromatic rings. The Kier molecular flexibility index (Phi) is 4.89. The molecule has 0 radical (unpaired) electrons. The molecule has 1 aromatic carbocycles. The molecule has 0 amide bonds. The third kappa shape index (κ3) is 2.87. The molecule has 0 aliphatic heterocycles. The summed E-state index contributed by atoms with van der Waals surface area (Å²) in [7, 11) is 0. The van der Waals surface area contributed by atoms with Crippen molar-refractivity contribution >= 4 is 45.3 Å². The van der Waals surface area contributed by atoms with Crippen LogP contribution in [0.2, 0.25) is 10.2 Å². The lowest BCUT2D eigenvalue weighted by Crippen LogP contribution is -2.47. The second-order valence-electron chi connectivity index (χ2n) is 7.03. The summed E-state index contributed by atoms with van der Waals surface area (Å²) < 4.78 is 7.18. The van der Waals surface area contributed by atoms with Crippen LogP contribution in [0.4, 0.5) is 0 Å². The Morgan fingerprint density at radius 3 is 2.52 bits per heavy atom. The van der Waals surface area contributed by atoms with Crippen LogP contribution in [0.15, 0.2) is 33.0 Å². The minimum Gasteiger partial charge on any atom is -0.505 e. The molecule has 0 spiro atoms. The molecule has 0 bridgehead atoms. The second kappa shape index (κ2) is 7.02. The van der Waals surface area contributed by atoms with Crippen molar-refractivity contribution in [3.63, 3.8) is 0 Å². The number of rotatable bonds is 2. The van der Waals surface area contributed by atoms with Crippen molar-refractivity contribution in [2.75, 3.05) is 6.61 Å². The first-order chi connectivity index (χ1) is 13.7. The molecule has 4 atom stereocenters. The van der Waals surface area contributed by atoms with E-state index in [1.165, 1.54) is 22.8 Å². The average molecular weight is 442 g/mol. The predicted octanol–water partition coefficient (Wildman–Crippen LogP) is 1.62. The second-order valence-corrected chi connectivity index (χ2v) is 7.83. The number of fused-ring (bicyclic) bond motifs is 2. The lowest BCUT2D eigenvalue weighted by atomic mass is 9.88. The van der Waals surface area contributed by atoms with Gasteiger partial charge in [-0.1, -0.05) is 29.3 Å². The molecular formula is C19H17Cl2NO7. The Morgan fingerprint density at radius 1 is 1.17 bits per heavy atom. The van der Waals surface area contributed by atoms with Crippen LogP contribution >= 0.6 is 23.2 Å². The molecular weight excluding hydrogens is 425 g/mol. The number of phenols is 1. The lowest BCUT2D eigenvalue weighted by Gasteiger charge is -2.35. The maximum Gasteiger partial charge on any atom is 0.213 e. The van der Waals surface area contributed by atoms with Gasteiger partial charge in [-0.3, -0.25) is 9.36 Å². The van der Waals surface area contributed by atoms with Crippen LogP contribution in [0.25, 0.3) is 22.1 Å². The summed E-state index contributed by atoms with van der Waals surface area (Å²) >= 11 is 12.3. The van der Waals surface area contributed by atoms with E-state index in [0.717, 1.165) is 0 Å². The van der Waals surface area contributed by atoms with E-state index in [1.54, 1.807) is 6.92 Å². The zero-order valence-electron chi connectivity index (χ0n) is 15.0. The maximum atomic E-state index is 13.0. The van der Waals surface area contributed by atoms with Gasteiger partial charge in [0.05, 0.1) is 23.1 Å². The largest absolute Gasteiger partial charge is 0.505 e. The molecule has 0 fully saturated rings. The van der Waals surface area contributed by atoms with Crippen molar-refractivity contribution in [1.82, 2.24) is 4.57 Å². The van der Waals surface area contributed by atoms with Gasteiger partial charge < -0.3 is 29.9 Å². The summed E-state index contributed by atoms with van der Waals surface area (Å²) in [6, 6.07) is 1.73. The van der Waals surface area contributed by atoms with Gasteiger partial charge in [-0.15, -0.1) is 0 Å². The van der Waals surface area contributed by atoms with Gasteiger partial charge in [0.1, 0.15) is 40.2 Å². The first-order valence-electron chi connectivity index (χ1n) is 8.68. The zero-order chi connectivity index (χ0) is 21.2. The Balaban J connectivity index is 2.07. The van der Waals surface area contributed by atoms with E-state index in [0.29, 0.717) is 5.56 Å². The molecule has 4 rings (SSSR count). The summed E-state index contributed by atoms with van der Waals surface area (Å²) in [6.45, 7) is 1.10. The number of benzene rings is 1. The predicted molar refractivity (Wildman–Crippen MR) is 107 cm³/mol. The van der Waals surface area contributed by atoms with Crippen LogP contribution in [-0.4, -0.2) is 55.0 Å². The molecule has 1 aliphatic carbocycles. The summed E-state index contributed by atoms with van der Waals surface area (Å²) in [5.74, 6) is -0.412. The number of hydrogen-bond donors (Lipinski definition) is 5. The fourth-order valence-corrected chi connectivity index (χ4v) is 4.30. The summed E-state index contributed by atoms with van der Waals surface area (Å²) in [4.78, 5) is 13.0. The van der Waals surface area contributed by atoms with Crippen LogP contribution in [0, 0.1) is 6.92 Å². The molecule has 5 N–H and O–H groups in total. The third-order valence-electron chi connectivity index (χ3n) is 5.27. The van der Waals surface area contributed by atoms with Crippen molar-refractivity contribution in [3.05, 3.63) is 49.7 Å². The van der Waals surface area contributed by atoms with Crippen molar-refractivity contribution in [2.24, 2.45) is 0 Å². The molecule has 0 saturated heterocycles. The molecule has 2 heterocycles. The van der Waals surface area contributed by atoms with Gasteiger partial charge in [0, 0.05) is 0 Å². The highest BCUT2D eigenvalue weighted by Gasteiger charge is 2.39. The van der Waals surface area contributed by atoms with Crippen molar-refractivity contribution in [2.45, 2.75) is 31.3 Å². The minimum absolute atomic E-state index is 0.00139. The van der Waals surface area contributed by atoms with Crippen LogP contribution in [0.5, 0.6) is 5.75 Å². The molecule has 0 unspecified atom stereocenters. The number of aliphatic hydroxyl groups excluding tert-OH is 4. The topological polar surface area (TPSA) is 136 Å². The number of aliphatic hydroxyl groups is 4. The molecule has 1 aliphatic rings. The Labute approximate surface area is 173 Å². The van der Waals surface area contributed by atoms with Gasteiger partial charge in [-0.05, 0) is 30.2 Å². The van der Waals surface area contributed by atoms with Crippen molar-refractivity contribution in [3.8, 4) is 5.75 Å². The quantitative estimate of drug-likeness (QED) is 0.381. The summed E-state index contributed by atoms with van der Waals surface area (Å²) in [5, 5.41) is 50.3. The molecule has 0 saturated carbocycles. The Bertz CT molecular complexity index is 1230. The molecule has 2 aromatic heterocycles. The lowest BCUT2D eigenvalue weighted by molar-refractivity contribution is -0.0695. The van der Waals surface area contributed by atoms with Crippen LogP contribution in [0.1, 0.15) is 11.6 Å². The minimum atomic E-state index is -1.59. The van der Waals surface area contributed by atoms with Gasteiger partial charge in [0.25, 0.3) is 0 Å². The Hall–Kier alpha value is -2.07.